The second-order valence-corrected chi connectivity index (χ2v) is 8.11. The number of unbranched alkanes of at least 4 members (excludes halogenated alkanes) is 8. The average molecular weight is 426 g/mol. The van der Waals surface area contributed by atoms with Gasteiger partial charge in [0.2, 0.25) is 0 Å². The average Bonchev–Trinajstić information content (AvgIpc) is 2.44. The van der Waals surface area contributed by atoms with Gasteiger partial charge in [-0.2, -0.15) is 0 Å². The van der Waals surface area contributed by atoms with E-state index in [0.717, 1.165) is 6.42 Å². The molecule has 0 bridgehead atoms. The van der Waals surface area contributed by atoms with Gasteiger partial charge in [0.05, 0.1) is 0 Å². The molecule has 0 saturated carbocycles. The number of hydrogen-bond acceptors (Lipinski definition) is 1. The van der Waals surface area contributed by atoms with Crippen molar-refractivity contribution in [2.75, 3.05) is 0 Å². The van der Waals surface area contributed by atoms with Crippen LogP contribution in [0.2, 0.25) is 0 Å². The van der Waals surface area contributed by atoms with E-state index in [1.165, 1.54) is 57.8 Å². The topological polar surface area (TPSA) is 37.3 Å². The highest BCUT2D eigenvalue weighted by atomic mass is 79.9. The van der Waals surface area contributed by atoms with Crippen molar-refractivity contribution in [1.82, 2.24) is 0 Å². The molecule has 0 aliphatic heterocycles. The lowest BCUT2D eigenvalue weighted by Crippen LogP contribution is -2.16. The molecule has 0 saturated heterocycles. The molecule has 4 heteroatoms. The van der Waals surface area contributed by atoms with E-state index < -0.39 is 5.97 Å². The van der Waals surface area contributed by atoms with Gasteiger partial charge in [0.1, 0.15) is 0 Å². The van der Waals surface area contributed by atoms with Crippen LogP contribution in [0.5, 0.6) is 0 Å². The van der Waals surface area contributed by atoms with Crippen molar-refractivity contribution in [1.29, 1.82) is 0 Å². The summed E-state index contributed by atoms with van der Waals surface area (Å²) < 4.78 is 0. The zero-order valence-electron chi connectivity index (χ0n) is 13.3. The maximum Gasteiger partial charge on any atom is 0.330 e. The molecule has 0 rings (SSSR count). The minimum absolute atomic E-state index is 0.148. The molecule has 0 fully saturated rings. The Kier molecular flexibility index (Phi) is 13.9. The number of aliphatic carboxylic acids is 1. The summed E-state index contributed by atoms with van der Waals surface area (Å²) in [6, 6.07) is 0. The minimum atomic E-state index is -0.901. The molecule has 0 spiro atoms. The third-order valence-electron chi connectivity index (χ3n) is 3.72. The Morgan fingerprint density at radius 2 is 1.43 bits per heavy atom. The predicted octanol–water partition coefficient (Wildman–Crippen LogP) is 6.47. The van der Waals surface area contributed by atoms with E-state index in [1.807, 2.05) is 0 Å². The highest BCUT2D eigenvalue weighted by Gasteiger charge is 2.18. The smallest absolute Gasteiger partial charge is 0.330 e. The number of carboxylic acid groups (broad SMARTS) is 1. The monoisotopic (exact) mass is 424 g/mol. The zero-order chi connectivity index (χ0) is 16.1. The largest absolute Gasteiger partial charge is 0.478 e. The summed E-state index contributed by atoms with van der Waals surface area (Å²) in [4.78, 5) is 11.2. The van der Waals surface area contributed by atoms with E-state index in [0.29, 0.717) is 11.2 Å². The van der Waals surface area contributed by atoms with Crippen molar-refractivity contribution < 1.29 is 9.90 Å². The fraction of sp³-hybridized carbons (Fsp3) is 0.824. The molecule has 124 valence electrons. The van der Waals surface area contributed by atoms with Crippen LogP contribution >= 0.6 is 31.9 Å². The molecule has 0 aliphatic rings. The van der Waals surface area contributed by atoms with E-state index in [2.05, 4.69) is 45.4 Å². The van der Waals surface area contributed by atoms with E-state index in [9.17, 15) is 4.79 Å². The van der Waals surface area contributed by atoms with Crippen LogP contribution in [0.4, 0.5) is 0 Å². The normalized spacial score (nSPS) is 13.9. The Morgan fingerprint density at radius 1 is 0.952 bits per heavy atom. The Balaban J connectivity index is 3.50. The molecular formula is C17H30Br2O2. The van der Waals surface area contributed by atoms with E-state index >= 15 is 0 Å². The van der Waals surface area contributed by atoms with Gasteiger partial charge in [0, 0.05) is 15.2 Å². The molecule has 0 aromatic rings. The van der Waals surface area contributed by atoms with Crippen molar-refractivity contribution in [3.8, 4) is 0 Å². The second-order valence-electron chi connectivity index (χ2n) is 5.76. The molecule has 2 atom stereocenters. The molecular weight excluding hydrogens is 396 g/mol. The summed E-state index contributed by atoms with van der Waals surface area (Å²) in [5, 5.41) is 8.83. The maximum absolute atomic E-state index is 10.7. The fourth-order valence-corrected chi connectivity index (χ4v) is 3.45. The lowest BCUT2D eigenvalue weighted by Gasteiger charge is -2.16. The quantitative estimate of drug-likeness (QED) is 0.197. The molecule has 21 heavy (non-hydrogen) atoms. The van der Waals surface area contributed by atoms with Gasteiger partial charge in [-0.05, 0) is 12.8 Å². The van der Waals surface area contributed by atoms with E-state index in [4.69, 9.17) is 5.11 Å². The molecule has 0 heterocycles. The summed E-state index contributed by atoms with van der Waals surface area (Å²) in [5.74, 6) is -0.901. The highest BCUT2D eigenvalue weighted by molar-refractivity contribution is 9.12. The first-order chi connectivity index (χ1) is 9.99. The number of carbonyl (C=O) groups is 1. The van der Waals surface area contributed by atoms with Gasteiger partial charge in [0.25, 0.3) is 0 Å². The van der Waals surface area contributed by atoms with Crippen LogP contribution in [-0.4, -0.2) is 20.7 Å². The second kappa shape index (κ2) is 13.8. The van der Waals surface area contributed by atoms with Crippen LogP contribution in [0, 0.1) is 0 Å². The SMILES string of the molecule is C=C(CC(Br)C(Br)CCCCCCCCCCC)C(=O)O. The molecule has 0 radical (unpaired) electrons. The number of hydrogen-bond donors (Lipinski definition) is 1. The Morgan fingerprint density at radius 3 is 1.90 bits per heavy atom. The summed E-state index contributed by atoms with van der Waals surface area (Å²) in [5.41, 5.74) is 0.272. The van der Waals surface area contributed by atoms with Crippen LogP contribution < -0.4 is 0 Å². The maximum atomic E-state index is 10.7. The minimum Gasteiger partial charge on any atom is -0.478 e. The molecule has 0 aliphatic carbocycles. The number of halogens is 2. The van der Waals surface area contributed by atoms with Crippen molar-refractivity contribution in [2.24, 2.45) is 0 Å². The van der Waals surface area contributed by atoms with Crippen molar-refractivity contribution in [3.63, 3.8) is 0 Å². The molecule has 0 amide bonds. The zero-order valence-corrected chi connectivity index (χ0v) is 16.4. The number of rotatable bonds is 14. The molecule has 2 nitrogen and oxygen atoms in total. The molecule has 0 aromatic heterocycles. The Hall–Kier alpha value is 0.170. The third-order valence-corrected chi connectivity index (χ3v) is 6.49. The van der Waals surface area contributed by atoms with Gasteiger partial charge >= 0.3 is 5.97 Å². The summed E-state index contributed by atoms with van der Waals surface area (Å²) >= 11 is 7.21. The van der Waals surface area contributed by atoms with Crippen molar-refractivity contribution in [2.45, 2.75) is 87.2 Å². The Bertz CT molecular complexity index is 293. The van der Waals surface area contributed by atoms with Crippen molar-refractivity contribution in [3.05, 3.63) is 12.2 Å². The first-order valence-electron chi connectivity index (χ1n) is 8.18. The first-order valence-corrected chi connectivity index (χ1v) is 10.0. The van der Waals surface area contributed by atoms with Gasteiger partial charge in [-0.25, -0.2) is 4.79 Å². The Labute approximate surface area is 147 Å². The van der Waals surface area contributed by atoms with Gasteiger partial charge in [0.15, 0.2) is 0 Å². The van der Waals surface area contributed by atoms with Gasteiger partial charge in [-0.15, -0.1) is 0 Å². The molecule has 0 aromatic carbocycles. The fourth-order valence-electron chi connectivity index (χ4n) is 2.28. The van der Waals surface area contributed by atoms with Crippen LogP contribution in [0.1, 0.15) is 77.6 Å². The van der Waals surface area contributed by atoms with Crippen LogP contribution in [0.15, 0.2) is 12.2 Å². The molecule has 2 unspecified atom stereocenters. The molecule has 1 N–H and O–H groups in total. The first kappa shape index (κ1) is 21.2. The summed E-state index contributed by atoms with van der Waals surface area (Å²) in [6.07, 6.45) is 13.5. The van der Waals surface area contributed by atoms with Crippen molar-refractivity contribution >= 4 is 37.8 Å². The third kappa shape index (κ3) is 12.4. The van der Waals surface area contributed by atoms with E-state index in [1.54, 1.807) is 0 Å². The lowest BCUT2D eigenvalue weighted by atomic mass is 10.0. The van der Waals surface area contributed by atoms with Crippen LogP contribution in [0.3, 0.4) is 0 Å². The standard InChI is InChI=1S/C17H30Br2O2/c1-3-4-5-6-7-8-9-10-11-12-15(18)16(19)13-14(2)17(20)21/h15-16H,2-13H2,1H3,(H,20,21). The number of carboxylic acids is 1. The van der Waals surface area contributed by atoms with Gasteiger partial charge in [-0.3, -0.25) is 0 Å². The number of alkyl halides is 2. The van der Waals surface area contributed by atoms with Crippen LogP contribution in [0.25, 0.3) is 0 Å². The lowest BCUT2D eigenvalue weighted by molar-refractivity contribution is -0.132. The van der Waals surface area contributed by atoms with Gasteiger partial charge < -0.3 is 5.11 Å². The predicted molar refractivity (Wildman–Crippen MR) is 98.7 cm³/mol. The summed E-state index contributed by atoms with van der Waals surface area (Å²) in [7, 11) is 0. The van der Waals surface area contributed by atoms with Crippen LogP contribution in [-0.2, 0) is 4.79 Å². The summed E-state index contributed by atoms with van der Waals surface area (Å²) in [6.45, 7) is 5.83. The van der Waals surface area contributed by atoms with E-state index in [-0.39, 0.29) is 10.4 Å². The van der Waals surface area contributed by atoms with Gasteiger partial charge in [-0.1, -0.05) is 103 Å². The highest BCUT2D eigenvalue weighted by Crippen LogP contribution is 2.25.